The van der Waals surface area contributed by atoms with Crippen molar-refractivity contribution in [2.24, 2.45) is 0 Å². The summed E-state index contributed by atoms with van der Waals surface area (Å²) < 4.78 is 77.3. The number of halogens is 4. The van der Waals surface area contributed by atoms with Crippen LogP contribution in [-0.2, 0) is 47.7 Å². The van der Waals surface area contributed by atoms with E-state index < -0.39 is 43.3 Å². The highest BCUT2D eigenvalue weighted by molar-refractivity contribution is 6.31. The average Bonchev–Trinajstić information content (AvgIpc) is 3.11. The molecule has 0 amide bonds. The fraction of sp³-hybridized carbons (Fsp3) is 0.707. The first kappa shape index (κ1) is 43.7. The van der Waals surface area contributed by atoms with Crippen LogP contribution in [0.1, 0.15) is 120 Å². The lowest BCUT2D eigenvalue weighted by Crippen LogP contribution is -2.58. The Hall–Kier alpha value is -1.72. The molecule has 0 unspecified atom stereocenters. The molecule has 290 valence electrons. The molecule has 0 N–H and O–H groups in total. The molecule has 5 atom stereocenters. The van der Waals surface area contributed by atoms with E-state index in [4.69, 9.17) is 40.0 Å². The van der Waals surface area contributed by atoms with Crippen molar-refractivity contribution in [2.75, 3.05) is 46.2 Å². The van der Waals surface area contributed by atoms with Gasteiger partial charge in [0.15, 0.2) is 0 Å². The molecule has 0 spiro atoms. The zero-order chi connectivity index (χ0) is 37.1. The van der Waals surface area contributed by atoms with Crippen molar-refractivity contribution in [2.45, 2.75) is 142 Å². The van der Waals surface area contributed by atoms with Gasteiger partial charge in [-0.1, -0.05) is 102 Å². The van der Waals surface area contributed by atoms with Gasteiger partial charge in [-0.15, -0.1) is 0 Å². The van der Waals surface area contributed by atoms with E-state index in [0.717, 1.165) is 80.0 Å². The van der Waals surface area contributed by atoms with E-state index in [1.807, 2.05) is 12.1 Å². The highest BCUT2D eigenvalue weighted by Gasteiger charge is 2.49. The third-order valence-corrected chi connectivity index (χ3v) is 9.56. The SMILES string of the molecule is CCCCOC[C@H]1O[C@@H](c2cc(Cc3ccc(CC)cc3)c(Cl)cc2CCOCC(F)(F)F)[C@H](OCCCC)[C@@H](OCCCC)[C@@H]1OCCCC. The lowest BCUT2D eigenvalue weighted by Gasteiger charge is -2.47. The van der Waals surface area contributed by atoms with Gasteiger partial charge >= 0.3 is 6.18 Å². The first-order chi connectivity index (χ1) is 24.6. The molecule has 2 aromatic carbocycles. The van der Waals surface area contributed by atoms with Crippen LogP contribution in [0.5, 0.6) is 0 Å². The lowest BCUT2D eigenvalue weighted by molar-refractivity contribution is -0.268. The molecule has 6 nitrogen and oxygen atoms in total. The first-order valence-corrected chi connectivity index (χ1v) is 19.6. The standard InChI is InChI=1S/C41H62ClF3O6/c1-6-11-20-46-28-36-38(48-21-12-7-2)40(50-23-14-9-4)39(49-22-13-8-3)37(51-36)34-26-33(25-31-17-15-30(10-5)16-18-31)35(42)27-32(34)19-24-47-29-41(43,44)45/h15-18,26-27,36-40H,6-14,19-25,28-29H2,1-5H3/t36-,37+,38-,39+,40+/m1/s1. The molecule has 1 saturated heterocycles. The molecule has 0 saturated carbocycles. The fourth-order valence-electron chi connectivity index (χ4n) is 6.19. The van der Waals surface area contributed by atoms with Crippen LogP contribution in [0.2, 0.25) is 5.02 Å². The van der Waals surface area contributed by atoms with Gasteiger partial charge in [0.1, 0.15) is 37.1 Å². The van der Waals surface area contributed by atoms with Gasteiger partial charge in [0.2, 0.25) is 0 Å². The van der Waals surface area contributed by atoms with Gasteiger partial charge in [0, 0.05) is 31.5 Å². The van der Waals surface area contributed by atoms with E-state index in [-0.39, 0.29) is 13.0 Å². The van der Waals surface area contributed by atoms with Crippen LogP contribution in [0, 0.1) is 0 Å². The Balaban J connectivity index is 2.13. The quantitative estimate of drug-likeness (QED) is 0.0945. The molecule has 1 aliphatic rings. The molecular formula is C41H62ClF3O6. The van der Waals surface area contributed by atoms with E-state index in [0.29, 0.717) is 44.5 Å². The summed E-state index contributed by atoms with van der Waals surface area (Å²) in [5, 5.41) is 0.541. The smallest absolute Gasteiger partial charge is 0.379 e. The molecular weight excluding hydrogens is 681 g/mol. The fourth-order valence-corrected chi connectivity index (χ4v) is 6.44. The monoisotopic (exact) mass is 742 g/mol. The highest BCUT2D eigenvalue weighted by Crippen LogP contribution is 2.41. The van der Waals surface area contributed by atoms with Crippen molar-refractivity contribution < 1.29 is 41.6 Å². The summed E-state index contributed by atoms with van der Waals surface area (Å²) in [6.07, 6.45) is 2.30. The van der Waals surface area contributed by atoms with Gasteiger partial charge in [-0.25, -0.2) is 0 Å². The minimum atomic E-state index is -4.41. The van der Waals surface area contributed by atoms with E-state index >= 15 is 0 Å². The number of aryl methyl sites for hydroxylation is 1. The summed E-state index contributed by atoms with van der Waals surface area (Å²) in [4.78, 5) is 0. The summed E-state index contributed by atoms with van der Waals surface area (Å²) in [5.41, 5.74) is 4.82. The maximum Gasteiger partial charge on any atom is 0.411 e. The number of unbranched alkanes of at least 4 members (excludes halogenated alkanes) is 4. The highest BCUT2D eigenvalue weighted by atomic mass is 35.5. The molecule has 3 rings (SSSR count). The predicted molar refractivity (Wildman–Crippen MR) is 198 cm³/mol. The third-order valence-electron chi connectivity index (χ3n) is 9.20. The lowest BCUT2D eigenvalue weighted by atomic mass is 9.86. The molecule has 0 aromatic heterocycles. The van der Waals surface area contributed by atoms with Crippen molar-refractivity contribution >= 4 is 11.6 Å². The minimum absolute atomic E-state index is 0.127. The van der Waals surface area contributed by atoms with Gasteiger partial charge in [0.05, 0.1) is 13.2 Å². The molecule has 1 fully saturated rings. The molecule has 10 heteroatoms. The summed E-state index contributed by atoms with van der Waals surface area (Å²) in [7, 11) is 0. The van der Waals surface area contributed by atoms with Crippen molar-refractivity contribution in [1.29, 1.82) is 0 Å². The van der Waals surface area contributed by atoms with Gasteiger partial charge in [-0.2, -0.15) is 13.2 Å². The summed E-state index contributed by atoms with van der Waals surface area (Å²) >= 11 is 6.95. The second-order valence-corrected chi connectivity index (χ2v) is 13.9. The second-order valence-electron chi connectivity index (χ2n) is 13.5. The number of hydrogen-bond donors (Lipinski definition) is 0. The number of ether oxygens (including phenoxy) is 6. The Morgan fingerprint density at radius 2 is 1.24 bits per heavy atom. The van der Waals surface area contributed by atoms with Crippen LogP contribution in [0.25, 0.3) is 0 Å². The summed E-state index contributed by atoms with van der Waals surface area (Å²) in [6.45, 7) is 11.7. The molecule has 51 heavy (non-hydrogen) atoms. The number of hydrogen-bond acceptors (Lipinski definition) is 6. The molecule has 0 radical (unpaired) electrons. The summed E-state index contributed by atoms with van der Waals surface area (Å²) in [6, 6.07) is 12.4. The third kappa shape index (κ3) is 14.9. The largest absolute Gasteiger partial charge is 0.411 e. The topological polar surface area (TPSA) is 55.4 Å². The zero-order valence-corrected chi connectivity index (χ0v) is 32.3. The molecule has 1 heterocycles. The number of rotatable bonds is 25. The average molecular weight is 743 g/mol. The van der Waals surface area contributed by atoms with Crippen LogP contribution in [0.15, 0.2) is 36.4 Å². The van der Waals surface area contributed by atoms with Gasteiger partial charge in [0.25, 0.3) is 0 Å². The number of alkyl halides is 3. The Morgan fingerprint density at radius 1 is 0.667 bits per heavy atom. The first-order valence-electron chi connectivity index (χ1n) is 19.3. The van der Waals surface area contributed by atoms with E-state index in [9.17, 15) is 13.2 Å². The van der Waals surface area contributed by atoms with Crippen LogP contribution >= 0.6 is 11.6 Å². The van der Waals surface area contributed by atoms with Crippen molar-refractivity contribution in [1.82, 2.24) is 0 Å². The van der Waals surface area contributed by atoms with Crippen LogP contribution in [-0.4, -0.2) is 76.8 Å². The van der Waals surface area contributed by atoms with E-state index in [1.165, 1.54) is 5.56 Å². The van der Waals surface area contributed by atoms with Crippen LogP contribution in [0.4, 0.5) is 13.2 Å². The van der Waals surface area contributed by atoms with Gasteiger partial charge in [-0.3, -0.25) is 0 Å². The molecule has 0 bridgehead atoms. The van der Waals surface area contributed by atoms with Crippen molar-refractivity contribution in [3.8, 4) is 0 Å². The van der Waals surface area contributed by atoms with E-state index in [2.05, 4.69) is 58.9 Å². The Morgan fingerprint density at radius 3 is 1.82 bits per heavy atom. The minimum Gasteiger partial charge on any atom is -0.379 e. The van der Waals surface area contributed by atoms with E-state index in [1.54, 1.807) is 0 Å². The Bertz CT molecular complexity index is 1230. The Kier molecular flexibility index (Phi) is 20.4. The van der Waals surface area contributed by atoms with Gasteiger partial charge < -0.3 is 28.4 Å². The second kappa shape index (κ2) is 23.8. The van der Waals surface area contributed by atoms with Gasteiger partial charge in [-0.05, 0) is 78.8 Å². The molecule has 2 aromatic rings. The summed E-state index contributed by atoms with van der Waals surface area (Å²) in [5.74, 6) is 0. The zero-order valence-electron chi connectivity index (χ0n) is 31.5. The van der Waals surface area contributed by atoms with Crippen molar-refractivity contribution in [3.63, 3.8) is 0 Å². The predicted octanol–water partition coefficient (Wildman–Crippen LogP) is 10.4. The number of benzene rings is 2. The van der Waals surface area contributed by atoms with Crippen LogP contribution < -0.4 is 0 Å². The molecule has 0 aliphatic carbocycles. The van der Waals surface area contributed by atoms with Crippen LogP contribution in [0.3, 0.4) is 0 Å². The maximum atomic E-state index is 13.0. The Labute approximate surface area is 310 Å². The van der Waals surface area contributed by atoms with Crippen molar-refractivity contribution in [3.05, 3.63) is 69.2 Å². The normalized spacial score (nSPS) is 21.0. The molecule has 1 aliphatic heterocycles. The maximum absolute atomic E-state index is 13.0.